The Balaban J connectivity index is 2.98. The van der Waals surface area contributed by atoms with E-state index in [9.17, 15) is 4.79 Å². The maximum absolute atomic E-state index is 10.3. The Kier molecular flexibility index (Phi) is 3.05. The molecule has 1 heterocycles. The van der Waals surface area contributed by atoms with E-state index in [0.717, 1.165) is 0 Å². The molecule has 0 aliphatic carbocycles. The number of methoxy groups -OCH3 is 1. The Labute approximate surface area is 80.1 Å². The molecule has 14 heavy (non-hydrogen) atoms. The van der Waals surface area contributed by atoms with Crippen molar-refractivity contribution in [3.05, 3.63) is 6.07 Å². The van der Waals surface area contributed by atoms with Crippen molar-refractivity contribution in [2.75, 3.05) is 24.8 Å². The van der Waals surface area contributed by atoms with Crippen LogP contribution >= 0.6 is 0 Å². The van der Waals surface area contributed by atoms with Crippen LogP contribution in [-0.2, 0) is 0 Å². The minimum absolute atomic E-state index is 0.0267. The SMILES string of the molecule is CNc1cc(OC)nc(NC(=O)O)n1. The number of carboxylic acid groups (broad SMARTS) is 1. The van der Waals surface area contributed by atoms with Crippen molar-refractivity contribution in [3.63, 3.8) is 0 Å². The monoisotopic (exact) mass is 198 g/mol. The van der Waals surface area contributed by atoms with Crippen molar-refractivity contribution < 1.29 is 14.6 Å². The molecule has 0 saturated heterocycles. The summed E-state index contributed by atoms with van der Waals surface area (Å²) in [5, 5.41) is 13.2. The molecule has 0 bridgehead atoms. The zero-order valence-corrected chi connectivity index (χ0v) is 7.74. The highest BCUT2D eigenvalue weighted by Crippen LogP contribution is 2.14. The van der Waals surface area contributed by atoms with Crippen LogP contribution in [0.25, 0.3) is 0 Å². The summed E-state index contributed by atoms with van der Waals surface area (Å²) in [6.07, 6.45) is -1.22. The lowest BCUT2D eigenvalue weighted by atomic mass is 10.5. The number of hydrogen-bond acceptors (Lipinski definition) is 5. The van der Waals surface area contributed by atoms with Crippen LogP contribution in [0.4, 0.5) is 16.6 Å². The second kappa shape index (κ2) is 4.26. The Morgan fingerprint density at radius 3 is 2.79 bits per heavy atom. The molecule has 1 amide bonds. The Morgan fingerprint density at radius 2 is 2.29 bits per heavy atom. The fraction of sp³-hybridized carbons (Fsp3) is 0.286. The first-order valence-electron chi connectivity index (χ1n) is 3.76. The summed E-state index contributed by atoms with van der Waals surface area (Å²) in [6, 6.07) is 1.55. The van der Waals surface area contributed by atoms with Gasteiger partial charge in [0.1, 0.15) is 5.82 Å². The summed E-state index contributed by atoms with van der Waals surface area (Å²) in [4.78, 5) is 17.9. The Morgan fingerprint density at radius 1 is 1.57 bits per heavy atom. The van der Waals surface area contributed by atoms with Crippen LogP contribution < -0.4 is 15.4 Å². The van der Waals surface area contributed by atoms with Gasteiger partial charge in [0.25, 0.3) is 0 Å². The molecule has 7 nitrogen and oxygen atoms in total. The molecule has 0 aliphatic rings. The van der Waals surface area contributed by atoms with Crippen molar-refractivity contribution in [1.82, 2.24) is 9.97 Å². The van der Waals surface area contributed by atoms with Crippen LogP contribution in [0, 0.1) is 0 Å². The van der Waals surface area contributed by atoms with E-state index in [0.29, 0.717) is 5.82 Å². The zero-order valence-electron chi connectivity index (χ0n) is 7.74. The number of carbonyl (C=O) groups is 1. The number of amides is 1. The molecule has 0 saturated carbocycles. The average Bonchev–Trinajstić information content (AvgIpc) is 2.16. The molecule has 0 spiro atoms. The van der Waals surface area contributed by atoms with Crippen LogP contribution in [0.1, 0.15) is 0 Å². The lowest BCUT2D eigenvalue weighted by molar-refractivity contribution is 0.209. The summed E-state index contributed by atoms with van der Waals surface area (Å²) >= 11 is 0. The van der Waals surface area contributed by atoms with Crippen molar-refractivity contribution >= 4 is 17.9 Å². The van der Waals surface area contributed by atoms with E-state index < -0.39 is 6.09 Å². The summed E-state index contributed by atoms with van der Waals surface area (Å²) in [5.74, 6) is 0.731. The predicted molar refractivity (Wildman–Crippen MR) is 49.8 cm³/mol. The fourth-order valence-corrected chi connectivity index (χ4v) is 0.809. The highest BCUT2D eigenvalue weighted by atomic mass is 16.5. The van der Waals surface area contributed by atoms with Gasteiger partial charge in [-0.25, -0.2) is 4.79 Å². The molecule has 7 heteroatoms. The predicted octanol–water partition coefficient (Wildman–Crippen LogP) is 0.617. The topological polar surface area (TPSA) is 96.4 Å². The molecule has 0 unspecified atom stereocenters. The van der Waals surface area contributed by atoms with Gasteiger partial charge < -0.3 is 15.2 Å². The van der Waals surface area contributed by atoms with E-state index in [1.54, 1.807) is 13.1 Å². The lowest BCUT2D eigenvalue weighted by Crippen LogP contribution is -2.11. The van der Waals surface area contributed by atoms with Gasteiger partial charge in [-0.15, -0.1) is 0 Å². The number of nitrogens with one attached hydrogen (secondary N) is 2. The van der Waals surface area contributed by atoms with E-state index in [4.69, 9.17) is 9.84 Å². The molecule has 0 aliphatic heterocycles. The first-order valence-corrected chi connectivity index (χ1v) is 3.76. The van der Waals surface area contributed by atoms with Crippen molar-refractivity contribution in [1.29, 1.82) is 0 Å². The minimum atomic E-state index is -1.22. The van der Waals surface area contributed by atoms with Crippen LogP contribution in [0.15, 0.2) is 6.07 Å². The molecular formula is C7H10N4O3. The number of anilines is 2. The van der Waals surface area contributed by atoms with Gasteiger partial charge in [0.05, 0.1) is 7.11 Å². The largest absolute Gasteiger partial charge is 0.481 e. The van der Waals surface area contributed by atoms with Gasteiger partial charge in [-0.05, 0) is 0 Å². The van der Waals surface area contributed by atoms with Crippen molar-refractivity contribution in [3.8, 4) is 5.88 Å². The first-order chi connectivity index (χ1) is 6.65. The standard InChI is InChI=1S/C7H10N4O3/c1-8-4-3-5(14-2)10-6(9-4)11-7(12)13/h3H,1-2H3,(H,12,13)(H2,8,9,10,11). The summed E-state index contributed by atoms with van der Waals surface area (Å²) in [6.45, 7) is 0. The highest BCUT2D eigenvalue weighted by molar-refractivity contribution is 5.80. The van der Waals surface area contributed by atoms with E-state index >= 15 is 0 Å². The molecular weight excluding hydrogens is 188 g/mol. The van der Waals surface area contributed by atoms with Gasteiger partial charge >= 0.3 is 6.09 Å². The van der Waals surface area contributed by atoms with E-state index in [-0.39, 0.29) is 11.8 Å². The van der Waals surface area contributed by atoms with Crippen LogP contribution in [-0.4, -0.2) is 35.3 Å². The number of hydrogen-bond donors (Lipinski definition) is 3. The van der Waals surface area contributed by atoms with Crippen LogP contribution in [0.5, 0.6) is 5.88 Å². The summed E-state index contributed by atoms with van der Waals surface area (Å²) < 4.78 is 4.85. The average molecular weight is 198 g/mol. The normalized spacial score (nSPS) is 9.29. The van der Waals surface area contributed by atoms with Gasteiger partial charge in [-0.3, -0.25) is 5.32 Å². The van der Waals surface area contributed by atoms with Crippen molar-refractivity contribution in [2.24, 2.45) is 0 Å². The van der Waals surface area contributed by atoms with Crippen LogP contribution in [0.3, 0.4) is 0 Å². The fourth-order valence-electron chi connectivity index (χ4n) is 0.809. The molecule has 1 rings (SSSR count). The Bertz CT molecular complexity index is 319. The quantitative estimate of drug-likeness (QED) is 0.658. The van der Waals surface area contributed by atoms with Gasteiger partial charge in [0.15, 0.2) is 0 Å². The second-order valence-corrected chi connectivity index (χ2v) is 2.30. The summed E-state index contributed by atoms with van der Waals surface area (Å²) in [7, 11) is 3.10. The highest BCUT2D eigenvalue weighted by Gasteiger charge is 2.05. The molecule has 1 aromatic rings. The molecule has 0 fully saturated rings. The minimum Gasteiger partial charge on any atom is -0.481 e. The van der Waals surface area contributed by atoms with Gasteiger partial charge in [-0.1, -0.05) is 0 Å². The maximum Gasteiger partial charge on any atom is 0.411 e. The summed E-state index contributed by atoms with van der Waals surface area (Å²) in [5.41, 5.74) is 0. The third kappa shape index (κ3) is 2.47. The molecule has 76 valence electrons. The van der Waals surface area contributed by atoms with Crippen LogP contribution in [0.2, 0.25) is 0 Å². The van der Waals surface area contributed by atoms with Crippen molar-refractivity contribution in [2.45, 2.75) is 0 Å². The van der Waals surface area contributed by atoms with E-state index in [1.807, 2.05) is 5.32 Å². The van der Waals surface area contributed by atoms with Gasteiger partial charge in [-0.2, -0.15) is 9.97 Å². The smallest absolute Gasteiger partial charge is 0.411 e. The Hall–Kier alpha value is -2.05. The lowest BCUT2D eigenvalue weighted by Gasteiger charge is -2.05. The molecule has 1 aromatic heterocycles. The molecule has 3 N–H and O–H groups in total. The molecule has 0 aromatic carbocycles. The third-order valence-corrected chi connectivity index (χ3v) is 1.39. The second-order valence-electron chi connectivity index (χ2n) is 2.30. The number of nitrogens with zero attached hydrogens (tertiary/aromatic N) is 2. The maximum atomic E-state index is 10.3. The first kappa shape index (κ1) is 10.0. The molecule has 0 atom stereocenters. The zero-order chi connectivity index (χ0) is 10.6. The van der Waals surface area contributed by atoms with E-state index in [1.165, 1.54) is 7.11 Å². The van der Waals surface area contributed by atoms with E-state index in [2.05, 4.69) is 15.3 Å². The number of aromatic nitrogens is 2. The van der Waals surface area contributed by atoms with Gasteiger partial charge in [0.2, 0.25) is 11.8 Å². The number of ether oxygens (including phenoxy) is 1. The number of rotatable bonds is 3. The molecule has 0 radical (unpaired) electrons. The third-order valence-electron chi connectivity index (χ3n) is 1.39. The van der Waals surface area contributed by atoms with Gasteiger partial charge in [0, 0.05) is 13.1 Å².